The summed E-state index contributed by atoms with van der Waals surface area (Å²) >= 11 is 0. The topological polar surface area (TPSA) is 70.2 Å². The van der Waals surface area contributed by atoms with Crippen molar-refractivity contribution < 1.29 is 36.1 Å². The molecule has 5 rings (SSSR count). The second kappa shape index (κ2) is 13.7. The third-order valence-electron chi connectivity index (χ3n) is 8.17. The van der Waals surface area contributed by atoms with Crippen LogP contribution < -0.4 is 32.9 Å². The minimum absolute atomic E-state index is 0. The summed E-state index contributed by atoms with van der Waals surface area (Å²) in [4.78, 5) is 45.6. The summed E-state index contributed by atoms with van der Waals surface area (Å²) in [6.45, 7) is 4.50. The molecule has 0 N–H and O–H groups in total. The number of likely N-dealkylation sites (tertiary alicyclic amines) is 2. The number of amides is 3. The summed E-state index contributed by atoms with van der Waals surface area (Å²) in [5.74, 6) is -0.0943. The largest absolute Gasteiger partial charge is 1.00 e. The molecule has 0 unspecified atom stereocenters. The first-order valence-corrected chi connectivity index (χ1v) is 15.9. The molecule has 0 bridgehead atoms. The fourth-order valence-electron chi connectivity index (χ4n) is 6.37. The lowest BCUT2D eigenvalue weighted by Gasteiger charge is -2.32. The van der Waals surface area contributed by atoms with Gasteiger partial charge >= 0.3 is 6.09 Å². The highest BCUT2D eigenvalue weighted by Crippen LogP contribution is 2.62. The molecule has 0 spiro atoms. The summed E-state index contributed by atoms with van der Waals surface area (Å²) in [5.41, 5.74) is -0.264. The second-order valence-electron chi connectivity index (χ2n) is 10.7. The predicted molar refractivity (Wildman–Crippen MR) is 164 cm³/mol. The highest BCUT2D eigenvalue weighted by Gasteiger charge is 2.60. The Morgan fingerprint density at radius 2 is 1.43 bits per heavy atom. The lowest BCUT2D eigenvalue weighted by molar-refractivity contribution is -0.133. The maximum Gasteiger partial charge on any atom is 0.410 e. The van der Waals surface area contributed by atoms with E-state index in [0.717, 1.165) is 0 Å². The molecule has 2 aliphatic rings. The highest BCUT2D eigenvalue weighted by atomic mass is 79.9. The molecule has 3 amide bonds. The van der Waals surface area contributed by atoms with Crippen LogP contribution >= 0.6 is 7.26 Å². The van der Waals surface area contributed by atoms with Gasteiger partial charge in [0.25, 0.3) is 5.91 Å². The van der Waals surface area contributed by atoms with E-state index in [9.17, 15) is 14.4 Å². The van der Waals surface area contributed by atoms with E-state index in [0.29, 0.717) is 19.4 Å². The molecule has 0 saturated carbocycles. The number of hydrogen-bond acceptors (Lipinski definition) is 4. The number of hydrogen-bond donors (Lipinski definition) is 0. The smallest absolute Gasteiger partial charge is 0.410 e. The molecule has 42 heavy (non-hydrogen) atoms. The van der Waals surface area contributed by atoms with Gasteiger partial charge < -0.3 is 31.5 Å². The Balaban J connectivity index is 0.00000405. The monoisotopic (exact) mass is 649 g/mol. The minimum atomic E-state index is -2.42. The van der Waals surface area contributed by atoms with E-state index in [4.69, 9.17) is 4.74 Å². The first-order valence-electron chi connectivity index (χ1n) is 14.0. The Bertz CT molecular complexity index is 1290. The van der Waals surface area contributed by atoms with Crippen molar-refractivity contribution in [1.82, 2.24) is 14.7 Å². The van der Waals surface area contributed by atoms with E-state index in [1.54, 1.807) is 14.1 Å². The van der Waals surface area contributed by atoms with Crippen LogP contribution in [0.2, 0.25) is 0 Å². The summed E-state index contributed by atoms with van der Waals surface area (Å²) in [6.07, 6.45) is 2.01. The quantitative estimate of drug-likeness (QED) is 0.262. The molecule has 0 aromatic heterocycles. The fraction of sp³-hybridized carbons (Fsp3) is 0.303. The molecule has 0 aliphatic carbocycles. The molecular formula is C33H37BrN3O4P. The van der Waals surface area contributed by atoms with Gasteiger partial charge in [-0.15, -0.1) is 0 Å². The number of rotatable bonds is 8. The highest BCUT2D eigenvalue weighted by molar-refractivity contribution is 7.96. The number of likely N-dealkylation sites (N-methyl/N-ethyl adjacent to an activating group) is 1. The summed E-state index contributed by atoms with van der Waals surface area (Å²) in [7, 11) is 0.941. The molecule has 2 fully saturated rings. The van der Waals surface area contributed by atoms with Gasteiger partial charge in [0.05, 0.1) is 6.04 Å². The number of nitrogens with zero attached hydrogens (tertiary/aromatic N) is 3. The maximum absolute atomic E-state index is 14.6. The summed E-state index contributed by atoms with van der Waals surface area (Å²) in [5, 5.41) is 3.50. The van der Waals surface area contributed by atoms with Crippen molar-refractivity contribution in [3.8, 4) is 0 Å². The minimum Gasteiger partial charge on any atom is -1.00 e. The number of carbonyl (C=O) groups excluding carboxylic acids is 3. The van der Waals surface area contributed by atoms with Crippen molar-refractivity contribution in [3.05, 3.63) is 104 Å². The van der Waals surface area contributed by atoms with Crippen LogP contribution in [-0.2, 0) is 14.3 Å². The molecule has 2 saturated heterocycles. The van der Waals surface area contributed by atoms with Crippen LogP contribution in [0.1, 0.15) is 12.8 Å². The van der Waals surface area contributed by atoms with Crippen LogP contribution in [0.15, 0.2) is 104 Å². The van der Waals surface area contributed by atoms with E-state index in [2.05, 4.69) is 43.0 Å². The van der Waals surface area contributed by atoms with Crippen molar-refractivity contribution in [2.75, 3.05) is 33.8 Å². The van der Waals surface area contributed by atoms with Crippen LogP contribution in [0.25, 0.3) is 0 Å². The van der Waals surface area contributed by atoms with Crippen LogP contribution in [0.5, 0.6) is 0 Å². The second-order valence-corrected chi connectivity index (χ2v) is 14.3. The molecule has 3 atom stereocenters. The third kappa shape index (κ3) is 5.75. The fourth-order valence-corrected chi connectivity index (χ4v) is 11.3. The van der Waals surface area contributed by atoms with Crippen LogP contribution in [0.3, 0.4) is 0 Å². The number of halogens is 1. The zero-order valence-electron chi connectivity index (χ0n) is 24.0. The van der Waals surface area contributed by atoms with Crippen molar-refractivity contribution >= 4 is 41.1 Å². The maximum atomic E-state index is 14.6. The Morgan fingerprint density at radius 3 is 1.88 bits per heavy atom. The van der Waals surface area contributed by atoms with Gasteiger partial charge in [0.15, 0.2) is 5.66 Å². The molecular weight excluding hydrogens is 613 g/mol. The Hall–Kier alpha value is -3.48. The van der Waals surface area contributed by atoms with Crippen LogP contribution in [0.4, 0.5) is 4.79 Å². The van der Waals surface area contributed by atoms with Crippen molar-refractivity contribution in [2.24, 2.45) is 0 Å². The summed E-state index contributed by atoms with van der Waals surface area (Å²) < 4.78 is 5.32. The number of benzene rings is 3. The molecule has 3 aromatic carbocycles. The standard InChI is InChI=1S/C33H37N3O4P.BrH/c1-4-22-40-33(39)36-24-25(23-29(36)31(37)34(2)3)35-21-20-30(32(35)38)41(26-14-8-5-9-15-26,27-16-10-6-11-17-27)28-18-12-7-13-19-28;/h4-19,25,29-30H,1,20-24H2,2-3H3;1H/q+1;/p-1/t25-,29-,30-;/m0./s1. The van der Waals surface area contributed by atoms with E-state index >= 15 is 0 Å². The lowest BCUT2D eigenvalue weighted by Crippen LogP contribution is -3.00. The van der Waals surface area contributed by atoms with E-state index in [-0.39, 0.29) is 53.6 Å². The van der Waals surface area contributed by atoms with Crippen molar-refractivity contribution in [3.63, 3.8) is 0 Å². The van der Waals surface area contributed by atoms with Crippen molar-refractivity contribution in [2.45, 2.75) is 30.6 Å². The van der Waals surface area contributed by atoms with Gasteiger partial charge in [-0.1, -0.05) is 67.3 Å². The van der Waals surface area contributed by atoms with Gasteiger partial charge in [0.2, 0.25) is 5.91 Å². The van der Waals surface area contributed by atoms with E-state index in [1.807, 2.05) is 59.5 Å². The zero-order valence-corrected chi connectivity index (χ0v) is 26.5. The van der Waals surface area contributed by atoms with Crippen LogP contribution in [0, 0.1) is 0 Å². The molecule has 9 heteroatoms. The van der Waals surface area contributed by atoms with Gasteiger partial charge in [0, 0.05) is 33.6 Å². The Kier molecular flexibility index (Phi) is 10.2. The normalized spacial score (nSPS) is 20.1. The average Bonchev–Trinajstić information content (AvgIpc) is 3.62. The molecule has 3 aromatic rings. The van der Waals surface area contributed by atoms with E-state index in [1.165, 1.54) is 31.8 Å². The Labute approximate surface area is 259 Å². The van der Waals surface area contributed by atoms with Gasteiger partial charge in [-0.25, -0.2) is 4.79 Å². The number of carbonyl (C=O) groups is 3. The first kappa shape index (κ1) is 31.5. The van der Waals surface area contributed by atoms with E-state index < -0.39 is 19.4 Å². The molecule has 2 aliphatic heterocycles. The van der Waals surface area contributed by atoms with Gasteiger partial charge in [-0.2, -0.15) is 0 Å². The SMILES string of the molecule is C=CCOC(=O)N1C[C@@H](N2CC[C@H]([P+](c3ccccc3)(c3ccccc3)c3ccccc3)C2=O)C[C@H]1C(=O)N(C)C.[Br-]. The molecule has 7 nitrogen and oxygen atoms in total. The Morgan fingerprint density at radius 1 is 0.929 bits per heavy atom. The van der Waals surface area contributed by atoms with Gasteiger partial charge in [-0.3, -0.25) is 14.5 Å². The summed E-state index contributed by atoms with van der Waals surface area (Å²) in [6, 6.07) is 30.3. The first-order chi connectivity index (χ1) is 19.9. The molecule has 2 heterocycles. The third-order valence-corrected chi connectivity index (χ3v) is 12.9. The average molecular weight is 651 g/mol. The predicted octanol–water partition coefficient (Wildman–Crippen LogP) is 0.439. The van der Waals surface area contributed by atoms with Crippen LogP contribution in [-0.4, -0.2) is 84.1 Å². The number of ether oxygens (including phenoxy) is 1. The lowest BCUT2D eigenvalue weighted by atomic mass is 10.1. The van der Waals surface area contributed by atoms with Gasteiger partial charge in [0.1, 0.15) is 35.8 Å². The molecule has 220 valence electrons. The van der Waals surface area contributed by atoms with Gasteiger partial charge in [-0.05, 0) is 42.8 Å². The zero-order chi connectivity index (χ0) is 29.0. The molecule has 0 radical (unpaired) electrons. The van der Waals surface area contributed by atoms with Crippen molar-refractivity contribution in [1.29, 1.82) is 0 Å².